The van der Waals surface area contributed by atoms with Gasteiger partial charge >= 0.3 is 0 Å². The highest BCUT2D eigenvalue weighted by Gasteiger charge is 2.34. The summed E-state index contributed by atoms with van der Waals surface area (Å²) in [4.78, 5) is 0.346. The number of hydrogen-bond donors (Lipinski definition) is 0. The molecule has 5 heteroatoms. The lowest BCUT2D eigenvalue weighted by molar-refractivity contribution is 0.281. The third kappa shape index (κ3) is 2.49. The summed E-state index contributed by atoms with van der Waals surface area (Å²) in [6.07, 6.45) is 0.455. The van der Waals surface area contributed by atoms with Gasteiger partial charge in [0.15, 0.2) is 9.84 Å². The molecule has 0 amide bonds. The van der Waals surface area contributed by atoms with Crippen molar-refractivity contribution in [1.82, 2.24) is 0 Å². The summed E-state index contributed by atoms with van der Waals surface area (Å²) in [7, 11) is -1.84. The summed E-state index contributed by atoms with van der Waals surface area (Å²) in [6, 6.07) is 13.8. The van der Waals surface area contributed by atoms with E-state index in [-0.39, 0.29) is 0 Å². The van der Waals surface area contributed by atoms with Crippen LogP contribution in [0.3, 0.4) is 0 Å². The third-order valence-corrected chi connectivity index (χ3v) is 5.82. The van der Waals surface area contributed by atoms with Crippen molar-refractivity contribution in [2.24, 2.45) is 0 Å². The zero-order chi connectivity index (χ0) is 14.9. The molecule has 2 aromatic carbocycles. The maximum absolute atomic E-state index is 12.8. The lowest BCUT2D eigenvalue weighted by Gasteiger charge is -2.26. The second-order valence-electron chi connectivity index (χ2n) is 4.89. The molecular weight excluding hydrogens is 288 g/mol. The standard InChI is InChI=1S/C16H16O4S/c1-19-12-7-8-14-15(11-12)20-10-9-16(14)21(17,18)13-5-3-2-4-6-13/h2-8,11,16H,9-10H2,1H3. The Balaban J connectivity index is 2.06. The average Bonchev–Trinajstić information content (AvgIpc) is 2.54. The van der Waals surface area contributed by atoms with E-state index < -0.39 is 15.1 Å². The Morgan fingerprint density at radius 1 is 1.14 bits per heavy atom. The zero-order valence-corrected chi connectivity index (χ0v) is 12.5. The van der Waals surface area contributed by atoms with Crippen molar-refractivity contribution in [3.63, 3.8) is 0 Å². The van der Waals surface area contributed by atoms with Crippen LogP contribution in [0.25, 0.3) is 0 Å². The molecule has 1 heterocycles. The number of ether oxygens (including phenoxy) is 2. The zero-order valence-electron chi connectivity index (χ0n) is 11.7. The number of fused-ring (bicyclic) bond motifs is 1. The molecule has 3 rings (SSSR count). The smallest absolute Gasteiger partial charge is 0.185 e. The molecule has 0 saturated heterocycles. The number of methoxy groups -OCH3 is 1. The molecule has 0 aromatic heterocycles. The highest BCUT2D eigenvalue weighted by molar-refractivity contribution is 7.91. The molecule has 110 valence electrons. The van der Waals surface area contributed by atoms with Crippen LogP contribution >= 0.6 is 0 Å². The first-order valence-electron chi connectivity index (χ1n) is 6.72. The maximum atomic E-state index is 12.8. The van der Waals surface area contributed by atoms with Gasteiger partial charge in [0.25, 0.3) is 0 Å². The molecule has 0 fully saturated rings. The molecule has 0 N–H and O–H groups in total. The molecule has 2 aromatic rings. The van der Waals surface area contributed by atoms with Crippen LogP contribution < -0.4 is 9.47 Å². The first-order valence-corrected chi connectivity index (χ1v) is 8.27. The number of sulfone groups is 1. The number of rotatable bonds is 3. The van der Waals surface area contributed by atoms with Gasteiger partial charge in [-0.3, -0.25) is 0 Å². The van der Waals surface area contributed by atoms with Gasteiger partial charge < -0.3 is 9.47 Å². The molecule has 1 aliphatic rings. The van der Waals surface area contributed by atoms with Crippen LogP contribution in [0.1, 0.15) is 17.2 Å². The summed E-state index contributed by atoms with van der Waals surface area (Å²) in [5.74, 6) is 1.25. The molecule has 0 bridgehead atoms. The van der Waals surface area contributed by atoms with Crippen molar-refractivity contribution < 1.29 is 17.9 Å². The lowest BCUT2D eigenvalue weighted by Crippen LogP contribution is -2.21. The molecule has 0 aliphatic carbocycles. The van der Waals surface area contributed by atoms with Gasteiger partial charge in [-0.15, -0.1) is 0 Å². The fourth-order valence-electron chi connectivity index (χ4n) is 2.56. The Bertz CT molecular complexity index is 738. The van der Waals surface area contributed by atoms with E-state index in [4.69, 9.17) is 9.47 Å². The maximum Gasteiger partial charge on any atom is 0.185 e. The second-order valence-corrected chi connectivity index (χ2v) is 7.02. The Hall–Kier alpha value is -2.01. The molecule has 4 nitrogen and oxygen atoms in total. The highest BCUT2D eigenvalue weighted by atomic mass is 32.2. The van der Waals surface area contributed by atoms with Crippen molar-refractivity contribution in [3.05, 3.63) is 54.1 Å². The van der Waals surface area contributed by atoms with E-state index in [1.54, 1.807) is 49.6 Å². The van der Waals surface area contributed by atoms with Crippen LogP contribution in [0.5, 0.6) is 11.5 Å². The minimum Gasteiger partial charge on any atom is -0.497 e. The van der Waals surface area contributed by atoms with Gasteiger partial charge in [0.2, 0.25) is 0 Å². The Morgan fingerprint density at radius 2 is 1.90 bits per heavy atom. The van der Waals surface area contributed by atoms with E-state index in [0.29, 0.717) is 35.0 Å². The summed E-state index contributed by atoms with van der Waals surface area (Å²) < 4.78 is 36.4. The Morgan fingerprint density at radius 3 is 2.62 bits per heavy atom. The van der Waals surface area contributed by atoms with Crippen LogP contribution in [0.2, 0.25) is 0 Å². The largest absolute Gasteiger partial charge is 0.497 e. The number of benzene rings is 2. The highest BCUT2D eigenvalue weighted by Crippen LogP contribution is 2.41. The predicted octanol–water partition coefficient (Wildman–Crippen LogP) is 2.99. The molecule has 1 atom stereocenters. The van der Waals surface area contributed by atoms with Crippen LogP contribution in [-0.4, -0.2) is 22.1 Å². The molecule has 0 saturated carbocycles. The van der Waals surface area contributed by atoms with E-state index in [1.807, 2.05) is 6.07 Å². The van der Waals surface area contributed by atoms with Gasteiger partial charge in [-0.1, -0.05) is 24.3 Å². The quantitative estimate of drug-likeness (QED) is 0.874. The van der Waals surface area contributed by atoms with Crippen LogP contribution in [0.15, 0.2) is 53.4 Å². The summed E-state index contributed by atoms with van der Waals surface area (Å²) in [5, 5.41) is -0.574. The Labute approximate surface area is 124 Å². The average molecular weight is 304 g/mol. The first kappa shape index (κ1) is 13.9. The van der Waals surface area contributed by atoms with Gasteiger partial charge in [-0.25, -0.2) is 8.42 Å². The third-order valence-electron chi connectivity index (χ3n) is 3.65. The van der Waals surface area contributed by atoms with Gasteiger partial charge in [-0.05, 0) is 18.2 Å². The van der Waals surface area contributed by atoms with Gasteiger partial charge in [0.05, 0.1) is 23.9 Å². The van der Waals surface area contributed by atoms with Crippen LogP contribution in [0.4, 0.5) is 0 Å². The topological polar surface area (TPSA) is 52.6 Å². The molecule has 21 heavy (non-hydrogen) atoms. The minimum atomic E-state index is -3.42. The molecule has 0 radical (unpaired) electrons. The monoisotopic (exact) mass is 304 g/mol. The predicted molar refractivity (Wildman–Crippen MR) is 79.5 cm³/mol. The van der Waals surface area contributed by atoms with Gasteiger partial charge in [0.1, 0.15) is 11.5 Å². The minimum absolute atomic E-state index is 0.346. The van der Waals surface area contributed by atoms with E-state index in [1.165, 1.54) is 0 Å². The number of hydrogen-bond acceptors (Lipinski definition) is 4. The van der Waals surface area contributed by atoms with Gasteiger partial charge in [-0.2, -0.15) is 0 Å². The molecule has 1 unspecified atom stereocenters. The molecular formula is C16H16O4S. The van der Waals surface area contributed by atoms with E-state index in [2.05, 4.69) is 0 Å². The van der Waals surface area contributed by atoms with Crippen molar-refractivity contribution in [2.75, 3.05) is 13.7 Å². The van der Waals surface area contributed by atoms with Crippen LogP contribution in [-0.2, 0) is 9.84 Å². The van der Waals surface area contributed by atoms with E-state index >= 15 is 0 Å². The summed E-state index contributed by atoms with van der Waals surface area (Å²) >= 11 is 0. The summed E-state index contributed by atoms with van der Waals surface area (Å²) in [6.45, 7) is 0.386. The van der Waals surface area contributed by atoms with Crippen molar-refractivity contribution in [2.45, 2.75) is 16.6 Å². The second kappa shape index (κ2) is 5.41. The van der Waals surface area contributed by atoms with Crippen LogP contribution in [0, 0.1) is 0 Å². The fraction of sp³-hybridized carbons (Fsp3) is 0.250. The first-order chi connectivity index (χ1) is 10.1. The van der Waals surface area contributed by atoms with E-state index in [9.17, 15) is 8.42 Å². The fourth-order valence-corrected chi connectivity index (χ4v) is 4.36. The Kier molecular flexibility index (Phi) is 3.59. The normalized spacial score (nSPS) is 17.7. The summed E-state index contributed by atoms with van der Waals surface area (Å²) in [5.41, 5.74) is 0.700. The molecule has 1 aliphatic heterocycles. The lowest BCUT2D eigenvalue weighted by atomic mass is 10.1. The van der Waals surface area contributed by atoms with Crippen molar-refractivity contribution in [1.29, 1.82) is 0 Å². The SMILES string of the molecule is COc1ccc2c(c1)OCCC2S(=O)(=O)c1ccccc1. The molecule has 0 spiro atoms. The van der Waals surface area contributed by atoms with E-state index in [0.717, 1.165) is 0 Å². The van der Waals surface area contributed by atoms with Crippen molar-refractivity contribution in [3.8, 4) is 11.5 Å². The van der Waals surface area contributed by atoms with Gasteiger partial charge in [0, 0.05) is 18.1 Å². The van der Waals surface area contributed by atoms with Crippen molar-refractivity contribution >= 4 is 9.84 Å².